The van der Waals surface area contributed by atoms with E-state index in [9.17, 15) is 18.3 Å². The summed E-state index contributed by atoms with van der Waals surface area (Å²) < 4.78 is 40.8. The van der Waals surface area contributed by atoms with Crippen molar-refractivity contribution in [3.63, 3.8) is 0 Å². The fraction of sp³-hybridized carbons (Fsp3) is 0.0909. The van der Waals surface area contributed by atoms with Gasteiger partial charge in [0.2, 0.25) is 5.13 Å². The molecule has 6 nitrogen and oxygen atoms in total. The Morgan fingerprint density at radius 2 is 2.18 bits per heavy atom. The van der Waals surface area contributed by atoms with Crippen molar-refractivity contribution in [1.82, 2.24) is 4.98 Å². The predicted molar refractivity (Wildman–Crippen MR) is 80.2 cm³/mol. The second kappa shape index (κ2) is 6.40. The number of hydrogen-bond acceptors (Lipinski definition) is 7. The average molecular weight is 397 g/mol. The van der Waals surface area contributed by atoms with Gasteiger partial charge in [0.1, 0.15) is 5.82 Å². The molecule has 0 atom stereocenters. The van der Waals surface area contributed by atoms with Gasteiger partial charge in [0.15, 0.2) is 11.5 Å². The molecule has 4 N–H and O–H groups in total. The first kappa shape index (κ1) is 16.4. The minimum Gasteiger partial charge on any atom is -0.504 e. The third kappa shape index (κ3) is 4.49. The highest BCUT2D eigenvalue weighted by Gasteiger charge is 2.32. The molecule has 11 heteroatoms. The molecule has 0 saturated carbocycles. The summed E-state index contributed by atoms with van der Waals surface area (Å²) in [6.07, 6.45) is -3.79. The molecule has 0 bridgehead atoms. The van der Waals surface area contributed by atoms with Crippen LogP contribution in [0.25, 0.3) is 0 Å². The van der Waals surface area contributed by atoms with Gasteiger partial charge in [-0.05, 0) is 12.1 Å². The Hall–Kier alpha value is -2.01. The lowest BCUT2D eigenvalue weighted by molar-refractivity contribution is -0.275. The number of nitrogens with zero attached hydrogens (tertiary/aromatic N) is 2. The molecule has 0 unspecified atom stereocenters. The summed E-state index contributed by atoms with van der Waals surface area (Å²) in [5.74, 6) is -1.11. The second-order valence-corrected chi connectivity index (χ2v) is 5.61. The summed E-state index contributed by atoms with van der Waals surface area (Å²) in [4.78, 5) is 3.87. The summed E-state index contributed by atoms with van der Waals surface area (Å²) in [7, 11) is 0. The largest absolute Gasteiger partial charge is 0.573 e. The highest BCUT2D eigenvalue weighted by atomic mass is 79.9. The van der Waals surface area contributed by atoms with Crippen LogP contribution in [-0.2, 0) is 0 Å². The quantitative estimate of drug-likeness (QED) is 0.542. The maximum atomic E-state index is 12.2. The number of hydrogen-bond donors (Lipinski definition) is 3. The van der Waals surface area contributed by atoms with E-state index in [1.165, 1.54) is 17.4 Å². The maximum absolute atomic E-state index is 12.2. The number of phenolic OH excluding ortho intramolecular Hbond substituents is 1. The monoisotopic (exact) mass is 396 g/mol. The number of ether oxygens (including phenoxy) is 1. The van der Waals surface area contributed by atoms with Gasteiger partial charge in [-0.1, -0.05) is 15.9 Å². The molecular weight excluding hydrogens is 389 g/mol. The van der Waals surface area contributed by atoms with Crippen molar-refractivity contribution in [3.05, 3.63) is 27.5 Å². The number of benzene rings is 1. The molecule has 2 aromatic rings. The van der Waals surface area contributed by atoms with Crippen molar-refractivity contribution < 1.29 is 23.0 Å². The fourth-order valence-electron chi connectivity index (χ4n) is 1.39. The number of aromatic nitrogens is 1. The lowest BCUT2D eigenvalue weighted by atomic mass is 10.2. The minimum atomic E-state index is -4.91. The van der Waals surface area contributed by atoms with Gasteiger partial charge in [-0.15, -0.1) is 24.5 Å². The Morgan fingerprint density at radius 1 is 1.45 bits per heavy atom. The first-order valence-electron chi connectivity index (χ1n) is 5.53. The smallest absolute Gasteiger partial charge is 0.504 e. The van der Waals surface area contributed by atoms with Crippen LogP contribution in [0.1, 0.15) is 5.56 Å². The fourth-order valence-corrected chi connectivity index (χ4v) is 2.39. The number of thiazole rings is 1. The second-order valence-electron chi connectivity index (χ2n) is 3.84. The van der Waals surface area contributed by atoms with Crippen LogP contribution in [0.2, 0.25) is 0 Å². The first-order chi connectivity index (χ1) is 10.2. The molecule has 0 radical (unpaired) electrons. The average Bonchev–Trinajstić information content (AvgIpc) is 2.79. The van der Waals surface area contributed by atoms with Crippen molar-refractivity contribution in [2.75, 3.05) is 11.2 Å². The van der Waals surface area contributed by atoms with E-state index in [0.29, 0.717) is 10.9 Å². The third-order valence-electron chi connectivity index (χ3n) is 2.18. The zero-order valence-corrected chi connectivity index (χ0v) is 13.0. The highest BCUT2D eigenvalue weighted by molar-refractivity contribution is 9.10. The van der Waals surface area contributed by atoms with Crippen molar-refractivity contribution in [2.24, 2.45) is 5.10 Å². The van der Waals surface area contributed by atoms with E-state index in [1.54, 1.807) is 5.38 Å². The van der Waals surface area contributed by atoms with E-state index in [0.717, 1.165) is 12.3 Å². The number of rotatable bonds is 4. The maximum Gasteiger partial charge on any atom is 0.573 e. The summed E-state index contributed by atoms with van der Waals surface area (Å²) in [5.41, 5.74) is 7.98. The number of anilines is 2. The zero-order valence-electron chi connectivity index (χ0n) is 10.6. The molecule has 1 heterocycles. The zero-order chi connectivity index (χ0) is 16.3. The van der Waals surface area contributed by atoms with Gasteiger partial charge in [0.25, 0.3) is 0 Å². The molecule has 2 rings (SSSR count). The topological polar surface area (TPSA) is 92.8 Å². The Labute approximate surface area is 134 Å². The number of nitrogens with one attached hydrogen (secondary N) is 1. The molecule has 0 aliphatic rings. The molecule has 0 spiro atoms. The van der Waals surface area contributed by atoms with Crippen LogP contribution in [0, 0.1) is 0 Å². The highest BCUT2D eigenvalue weighted by Crippen LogP contribution is 2.36. The van der Waals surface area contributed by atoms with Gasteiger partial charge in [0, 0.05) is 15.4 Å². The minimum absolute atomic E-state index is 0.0191. The summed E-state index contributed by atoms with van der Waals surface area (Å²) in [6.45, 7) is 0. The summed E-state index contributed by atoms with van der Waals surface area (Å²) >= 11 is 4.22. The van der Waals surface area contributed by atoms with Gasteiger partial charge < -0.3 is 15.6 Å². The van der Waals surface area contributed by atoms with Crippen LogP contribution in [0.4, 0.5) is 24.1 Å². The molecule has 0 amide bonds. The molecule has 1 aromatic carbocycles. The Balaban J connectivity index is 2.19. The van der Waals surface area contributed by atoms with Crippen LogP contribution >= 0.6 is 27.3 Å². The van der Waals surface area contributed by atoms with Crippen molar-refractivity contribution in [3.8, 4) is 11.5 Å². The molecule has 0 saturated heterocycles. The van der Waals surface area contributed by atoms with Crippen LogP contribution in [0.5, 0.6) is 11.5 Å². The van der Waals surface area contributed by atoms with E-state index < -0.39 is 17.9 Å². The Bertz CT molecular complexity index is 705. The predicted octanol–water partition coefficient (Wildman–Crippen LogP) is 3.54. The van der Waals surface area contributed by atoms with Gasteiger partial charge in [-0.25, -0.2) is 4.98 Å². The molecule has 118 valence electrons. The number of hydrazone groups is 1. The lowest BCUT2D eigenvalue weighted by Gasteiger charge is -2.12. The standard InChI is InChI=1S/C11H8BrF3N4O2S/c12-6-1-5(3-17-19-10-18-8(16)4-22-10)9(20)7(2-6)21-11(13,14)15/h1-4,20H,16H2,(H,18,19). The van der Waals surface area contributed by atoms with E-state index in [-0.39, 0.29) is 10.0 Å². The van der Waals surface area contributed by atoms with Crippen molar-refractivity contribution in [2.45, 2.75) is 6.36 Å². The number of nitrogens with two attached hydrogens (primary N) is 1. The molecule has 0 aliphatic carbocycles. The van der Waals surface area contributed by atoms with Crippen LogP contribution < -0.4 is 15.9 Å². The third-order valence-corrected chi connectivity index (χ3v) is 3.40. The number of phenols is 1. The van der Waals surface area contributed by atoms with Gasteiger partial charge in [0.05, 0.1) is 6.21 Å². The molecule has 0 fully saturated rings. The van der Waals surface area contributed by atoms with Crippen LogP contribution in [-0.4, -0.2) is 22.7 Å². The lowest BCUT2D eigenvalue weighted by Crippen LogP contribution is -2.17. The number of alkyl halides is 3. The van der Waals surface area contributed by atoms with E-state index >= 15 is 0 Å². The summed E-state index contributed by atoms with van der Waals surface area (Å²) in [6, 6.07) is 2.37. The SMILES string of the molecule is Nc1csc(NN=Cc2cc(Br)cc(OC(F)(F)F)c2O)n1. The molecule has 22 heavy (non-hydrogen) atoms. The molecule has 0 aliphatic heterocycles. The first-order valence-corrected chi connectivity index (χ1v) is 7.20. The summed E-state index contributed by atoms with van der Waals surface area (Å²) in [5, 5.41) is 15.5. The van der Waals surface area contributed by atoms with Gasteiger partial charge in [-0.2, -0.15) is 5.10 Å². The van der Waals surface area contributed by atoms with Crippen molar-refractivity contribution in [1.29, 1.82) is 0 Å². The van der Waals surface area contributed by atoms with E-state index in [2.05, 4.69) is 36.2 Å². The molecular formula is C11H8BrF3N4O2S. The normalized spacial score (nSPS) is 11.8. The Kier molecular flexibility index (Phi) is 4.76. The Morgan fingerprint density at radius 3 is 2.77 bits per heavy atom. The van der Waals surface area contributed by atoms with Gasteiger partial charge in [-0.3, -0.25) is 5.43 Å². The number of aromatic hydroxyl groups is 1. The van der Waals surface area contributed by atoms with Gasteiger partial charge >= 0.3 is 6.36 Å². The number of nitrogen functional groups attached to an aromatic ring is 1. The number of halogens is 4. The van der Waals surface area contributed by atoms with Crippen molar-refractivity contribution >= 4 is 44.4 Å². The van der Waals surface area contributed by atoms with E-state index in [4.69, 9.17) is 5.73 Å². The van der Waals surface area contributed by atoms with Crippen LogP contribution in [0.3, 0.4) is 0 Å². The van der Waals surface area contributed by atoms with Crippen LogP contribution in [0.15, 0.2) is 27.1 Å². The molecule has 1 aromatic heterocycles. The van der Waals surface area contributed by atoms with E-state index in [1.807, 2.05) is 0 Å².